The van der Waals surface area contributed by atoms with Crippen molar-refractivity contribution in [3.63, 3.8) is 0 Å². The van der Waals surface area contributed by atoms with Gasteiger partial charge in [0.2, 0.25) is 6.41 Å². The molecule has 0 N–H and O–H groups in total. The van der Waals surface area contributed by atoms with E-state index >= 15 is 0 Å². The summed E-state index contributed by atoms with van der Waals surface area (Å²) in [5.74, 6) is 0. The number of hydrogen-bond acceptors (Lipinski definition) is 3. The monoisotopic (exact) mass is 249 g/mol. The second-order valence-corrected chi connectivity index (χ2v) is 4.00. The van der Waals surface area contributed by atoms with Gasteiger partial charge in [-0.3, -0.25) is 4.79 Å². The lowest BCUT2D eigenvalue weighted by molar-refractivity contribution is -0.116. The molecule has 0 heterocycles. The van der Waals surface area contributed by atoms with E-state index in [0.29, 0.717) is 26.0 Å². The zero-order chi connectivity index (χ0) is 13.2. The van der Waals surface area contributed by atoms with Crippen molar-refractivity contribution in [2.75, 3.05) is 13.2 Å². The van der Waals surface area contributed by atoms with E-state index in [-0.39, 0.29) is 0 Å². The number of ether oxygens (including phenoxy) is 1. The minimum atomic E-state index is -0.561. The van der Waals surface area contributed by atoms with E-state index in [2.05, 4.69) is 0 Å². The van der Waals surface area contributed by atoms with Crippen LogP contribution in [0.25, 0.3) is 0 Å². The molecule has 0 atom stereocenters. The Hall–Kier alpha value is -1.84. The lowest BCUT2D eigenvalue weighted by Gasteiger charge is -2.15. The van der Waals surface area contributed by atoms with Gasteiger partial charge < -0.3 is 4.74 Å². The van der Waals surface area contributed by atoms with E-state index in [1.165, 1.54) is 0 Å². The highest BCUT2D eigenvalue weighted by Gasteiger charge is 2.13. The van der Waals surface area contributed by atoms with Gasteiger partial charge in [-0.25, -0.2) is 9.69 Å². The second kappa shape index (κ2) is 8.28. The van der Waals surface area contributed by atoms with E-state index in [4.69, 9.17) is 4.74 Å². The number of imide groups is 1. The third-order valence-electron chi connectivity index (χ3n) is 2.57. The molecule has 0 aromatic heterocycles. The molecule has 98 valence electrons. The van der Waals surface area contributed by atoms with Crippen molar-refractivity contribution < 1.29 is 14.3 Å². The van der Waals surface area contributed by atoms with Crippen LogP contribution < -0.4 is 0 Å². The van der Waals surface area contributed by atoms with Crippen LogP contribution >= 0.6 is 0 Å². The summed E-state index contributed by atoms with van der Waals surface area (Å²) in [6.07, 6.45) is 2.38. The van der Waals surface area contributed by atoms with Gasteiger partial charge in [-0.2, -0.15) is 0 Å². The summed E-state index contributed by atoms with van der Waals surface area (Å²) in [4.78, 5) is 23.4. The topological polar surface area (TPSA) is 46.6 Å². The van der Waals surface area contributed by atoms with Gasteiger partial charge in [-0.05, 0) is 18.4 Å². The van der Waals surface area contributed by atoms with Crippen molar-refractivity contribution in [3.05, 3.63) is 35.9 Å². The van der Waals surface area contributed by atoms with Crippen LogP contribution in [0.2, 0.25) is 0 Å². The fourth-order valence-corrected chi connectivity index (χ4v) is 1.47. The maximum Gasteiger partial charge on any atom is 0.416 e. The molecule has 1 aromatic rings. The Kier molecular flexibility index (Phi) is 6.54. The van der Waals surface area contributed by atoms with Crippen LogP contribution in [0.1, 0.15) is 25.3 Å². The number of benzene rings is 1. The SMILES string of the molecule is CCCCOC(=O)N(C=O)CCc1ccccc1. The Bertz CT molecular complexity index is 365. The quantitative estimate of drug-likeness (QED) is 0.551. The summed E-state index contributed by atoms with van der Waals surface area (Å²) in [6, 6.07) is 9.72. The van der Waals surface area contributed by atoms with Crippen molar-refractivity contribution >= 4 is 12.5 Å². The summed E-state index contributed by atoms with van der Waals surface area (Å²) < 4.78 is 4.98. The first-order valence-corrected chi connectivity index (χ1v) is 6.20. The predicted octanol–water partition coefficient (Wildman–Crippen LogP) is 2.62. The molecule has 0 radical (unpaired) electrons. The highest BCUT2D eigenvalue weighted by molar-refractivity contribution is 5.80. The number of rotatable bonds is 7. The Morgan fingerprint density at radius 1 is 1.33 bits per heavy atom. The summed E-state index contributed by atoms with van der Waals surface area (Å²) in [5.41, 5.74) is 1.09. The predicted molar refractivity (Wildman–Crippen MR) is 69.2 cm³/mol. The lowest BCUT2D eigenvalue weighted by Crippen LogP contribution is -2.32. The number of nitrogens with zero attached hydrogens (tertiary/aromatic N) is 1. The van der Waals surface area contributed by atoms with Crippen LogP contribution in [-0.4, -0.2) is 30.6 Å². The largest absolute Gasteiger partial charge is 0.449 e. The standard InChI is InChI=1S/C14H19NO3/c1-2-3-11-18-14(17)15(12-16)10-9-13-7-5-4-6-8-13/h4-8,12H,2-3,9-11H2,1H3. The summed E-state index contributed by atoms with van der Waals surface area (Å²) in [5, 5.41) is 0. The maximum atomic E-state index is 11.5. The number of unbranched alkanes of at least 4 members (excludes halogenated alkanes) is 1. The van der Waals surface area contributed by atoms with E-state index in [9.17, 15) is 9.59 Å². The first kappa shape index (κ1) is 14.2. The minimum Gasteiger partial charge on any atom is -0.449 e. The maximum absolute atomic E-state index is 11.5. The van der Waals surface area contributed by atoms with E-state index < -0.39 is 6.09 Å². The molecule has 0 aliphatic carbocycles. The van der Waals surface area contributed by atoms with Crippen LogP contribution in [0.4, 0.5) is 4.79 Å². The van der Waals surface area contributed by atoms with Gasteiger partial charge in [0.25, 0.3) is 0 Å². The van der Waals surface area contributed by atoms with Crippen LogP contribution in [0, 0.1) is 0 Å². The van der Waals surface area contributed by atoms with Crippen LogP contribution in [0.15, 0.2) is 30.3 Å². The van der Waals surface area contributed by atoms with E-state index in [1.54, 1.807) is 0 Å². The first-order chi connectivity index (χ1) is 8.77. The molecule has 0 aliphatic rings. The molecule has 1 aromatic carbocycles. The average Bonchev–Trinajstić information content (AvgIpc) is 2.41. The van der Waals surface area contributed by atoms with Crippen molar-refractivity contribution in [2.45, 2.75) is 26.2 Å². The fourth-order valence-electron chi connectivity index (χ4n) is 1.47. The molecular formula is C14H19NO3. The summed E-state index contributed by atoms with van der Waals surface area (Å²) in [6.45, 7) is 2.73. The molecule has 4 nitrogen and oxygen atoms in total. The van der Waals surface area contributed by atoms with Gasteiger partial charge in [0.1, 0.15) is 0 Å². The third kappa shape index (κ3) is 4.99. The normalized spacial score (nSPS) is 9.83. The van der Waals surface area contributed by atoms with Crippen LogP contribution in [0.3, 0.4) is 0 Å². The molecule has 0 unspecified atom stereocenters. The van der Waals surface area contributed by atoms with Crippen LogP contribution in [-0.2, 0) is 16.0 Å². The molecular weight excluding hydrogens is 230 g/mol. The Morgan fingerprint density at radius 3 is 2.67 bits per heavy atom. The van der Waals surface area contributed by atoms with Gasteiger partial charge in [-0.1, -0.05) is 43.7 Å². The van der Waals surface area contributed by atoms with Gasteiger partial charge >= 0.3 is 6.09 Å². The zero-order valence-electron chi connectivity index (χ0n) is 10.7. The third-order valence-corrected chi connectivity index (χ3v) is 2.57. The molecule has 0 saturated carbocycles. The highest BCUT2D eigenvalue weighted by atomic mass is 16.6. The number of carbonyl (C=O) groups is 2. The number of hydrogen-bond donors (Lipinski definition) is 0. The van der Waals surface area contributed by atoms with Crippen molar-refractivity contribution in [2.24, 2.45) is 0 Å². The summed E-state index contributed by atoms with van der Waals surface area (Å²) in [7, 11) is 0. The first-order valence-electron chi connectivity index (χ1n) is 6.20. The molecule has 0 saturated heterocycles. The molecule has 0 bridgehead atoms. The van der Waals surface area contributed by atoms with Crippen molar-refractivity contribution in [1.82, 2.24) is 4.90 Å². The zero-order valence-corrected chi connectivity index (χ0v) is 10.7. The molecule has 1 rings (SSSR count). The molecule has 18 heavy (non-hydrogen) atoms. The Labute approximate surface area is 108 Å². The average molecular weight is 249 g/mol. The molecule has 0 spiro atoms. The van der Waals surface area contributed by atoms with Gasteiger partial charge in [0.15, 0.2) is 0 Å². The Morgan fingerprint density at radius 2 is 2.06 bits per heavy atom. The van der Waals surface area contributed by atoms with Crippen LogP contribution in [0.5, 0.6) is 0 Å². The smallest absolute Gasteiger partial charge is 0.416 e. The fraction of sp³-hybridized carbons (Fsp3) is 0.429. The Balaban J connectivity index is 2.37. The van der Waals surface area contributed by atoms with E-state index in [0.717, 1.165) is 23.3 Å². The second-order valence-electron chi connectivity index (χ2n) is 4.00. The van der Waals surface area contributed by atoms with Gasteiger partial charge in [0, 0.05) is 6.54 Å². The highest BCUT2D eigenvalue weighted by Crippen LogP contribution is 2.02. The minimum absolute atomic E-state index is 0.346. The van der Waals surface area contributed by atoms with Gasteiger partial charge in [0.05, 0.1) is 6.61 Å². The van der Waals surface area contributed by atoms with Gasteiger partial charge in [-0.15, -0.1) is 0 Å². The summed E-state index contributed by atoms with van der Waals surface area (Å²) >= 11 is 0. The number of amides is 2. The molecule has 4 heteroatoms. The number of carbonyl (C=O) groups excluding carboxylic acids is 2. The molecule has 0 aliphatic heterocycles. The van der Waals surface area contributed by atoms with E-state index in [1.807, 2.05) is 37.3 Å². The lowest BCUT2D eigenvalue weighted by atomic mass is 10.1. The molecule has 2 amide bonds. The van der Waals surface area contributed by atoms with Crippen molar-refractivity contribution in [3.8, 4) is 0 Å². The molecule has 0 fully saturated rings. The van der Waals surface area contributed by atoms with Crippen molar-refractivity contribution in [1.29, 1.82) is 0 Å².